The fourth-order valence-electron chi connectivity index (χ4n) is 5.73. The molecule has 2 saturated heterocycles. The standard InChI is InChI=1S/C25H32O7/c1-8-12(3)21(26)30-17-14(5)16-18-15(10-11-24(16,6)20-19(17)29-20)25(7,23(28)31-18)32-22(27)13(4)9-2/h8-9,15-20H,5,10-11H2,1-4,6-7H3/b12-8-,13-9-/t15-,16+,17-,18-,19-,20-,24+,25+/m1/s1. The molecule has 0 aromatic rings. The van der Waals surface area contributed by atoms with E-state index in [1.807, 2.05) is 0 Å². The summed E-state index contributed by atoms with van der Waals surface area (Å²) in [5.74, 6) is -2.06. The number of carbonyl (C=O) groups is 3. The third kappa shape index (κ3) is 3.16. The normalized spacial score (nSPS) is 42.9. The largest absolute Gasteiger partial charge is 0.458 e. The molecule has 0 bridgehead atoms. The molecule has 0 N–H and O–H groups in total. The highest BCUT2D eigenvalue weighted by Gasteiger charge is 2.73. The van der Waals surface area contributed by atoms with Crippen molar-refractivity contribution >= 4 is 17.9 Å². The highest BCUT2D eigenvalue weighted by Crippen LogP contribution is 2.64. The van der Waals surface area contributed by atoms with Crippen LogP contribution < -0.4 is 0 Å². The predicted octanol–water partition coefficient (Wildman–Crippen LogP) is 3.43. The summed E-state index contributed by atoms with van der Waals surface area (Å²) < 4.78 is 23.4. The highest BCUT2D eigenvalue weighted by molar-refractivity contribution is 5.92. The summed E-state index contributed by atoms with van der Waals surface area (Å²) in [6.07, 6.45) is 3.33. The van der Waals surface area contributed by atoms with Crippen molar-refractivity contribution in [3.05, 3.63) is 35.5 Å². The molecule has 174 valence electrons. The Morgan fingerprint density at radius 2 is 1.72 bits per heavy atom. The molecule has 4 fully saturated rings. The van der Waals surface area contributed by atoms with E-state index in [2.05, 4.69) is 13.5 Å². The lowest BCUT2D eigenvalue weighted by Crippen LogP contribution is -2.56. The minimum atomic E-state index is -1.37. The number of ether oxygens (including phenoxy) is 4. The van der Waals surface area contributed by atoms with Crippen LogP contribution in [0.1, 0.15) is 54.4 Å². The van der Waals surface area contributed by atoms with E-state index in [9.17, 15) is 14.4 Å². The lowest BCUT2D eigenvalue weighted by molar-refractivity contribution is -0.170. The summed E-state index contributed by atoms with van der Waals surface area (Å²) in [6, 6.07) is 0. The fourth-order valence-corrected chi connectivity index (χ4v) is 5.73. The van der Waals surface area contributed by atoms with Crippen LogP contribution in [-0.2, 0) is 33.3 Å². The third-order valence-electron chi connectivity index (χ3n) is 8.07. The summed E-state index contributed by atoms with van der Waals surface area (Å²) in [4.78, 5) is 37.9. The van der Waals surface area contributed by atoms with E-state index in [4.69, 9.17) is 18.9 Å². The van der Waals surface area contributed by atoms with Gasteiger partial charge in [0.25, 0.3) is 0 Å². The van der Waals surface area contributed by atoms with E-state index < -0.39 is 35.7 Å². The lowest BCUT2D eigenvalue weighted by Gasteiger charge is -2.50. The fraction of sp³-hybridized carbons (Fsp3) is 0.640. The molecule has 2 heterocycles. The number of hydrogen-bond donors (Lipinski definition) is 0. The van der Waals surface area contributed by atoms with E-state index in [1.54, 1.807) is 46.8 Å². The zero-order valence-electron chi connectivity index (χ0n) is 19.6. The Kier molecular flexibility index (Phi) is 5.39. The number of hydrogen-bond acceptors (Lipinski definition) is 7. The topological polar surface area (TPSA) is 91.4 Å². The van der Waals surface area contributed by atoms with Crippen molar-refractivity contribution in [2.75, 3.05) is 0 Å². The van der Waals surface area contributed by atoms with Crippen molar-refractivity contribution in [2.24, 2.45) is 17.3 Å². The zero-order valence-corrected chi connectivity index (χ0v) is 19.6. The SMILES string of the molecule is C=C1[C@@H](OC(=O)/C(C)=C\C)[C@H]2O[C@H]2[C@@]2(C)CC[C@@H]3[C@@H](OC(=O)[C@@]3(C)OC(=O)/C(C)=C\C)[C@H]12. The van der Waals surface area contributed by atoms with Crippen LogP contribution in [0.25, 0.3) is 0 Å². The number of rotatable bonds is 4. The maximum atomic E-state index is 13.0. The van der Waals surface area contributed by atoms with Crippen molar-refractivity contribution in [3.63, 3.8) is 0 Å². The Hall–Kier alpha value is -2.41. The minimum Gasteiger partial charge on any atom is -0.458 e. The van der Waals surface area contributed by atoms with Gasteiger partial charge < -0.3 is 18.9 Å². The molecule has 4 rings (SSSR count). The second-order valence-electron chi connectivity index (χ2n) is 9.86. The van der Waals surface area contributed by atoms with Crippen LogP contribution in [0.2, 0.25) is 0 Å². The lowest BCUT2D eigenvalue weighted by atomic mass is 9.54. The molecule has 7 nitrogen and oxygen atoms in total. The summed E-state index contributed by atoms with van der Waals surface area (Å²) in [7, 11) is 0. The average molecular weight is 445 g/mol. The van der Waals surface area contributed by atoms with Crippen LogP contribution in [0.5, 0.6) is 0 Å². The number of carbonyl (C=O) groups excluding carboxylic acids is 3. The van der Waals surface area contributed by atoms with Gasteiger partial charge in [0, 0.05) is 28.4 Å². The van der Waals surface area contributed by atoms with Gasteiger partial charge in [-0.05, 0) is 53.0 Å². The van der Waals surface area contributed by atoms with E-state index in [1.165, 1.54) is 0 Å². The molecule has 2 aliphatic heterocycles. The Labute approximate surface area is 188 Å². The second kappa shape index (κ2) is 7.58. The van der Waals surface area contributed by atoms with Crippen molar-refractivity contribution in [3.8, 4) is 0 Å². The summed E-state index contributed by atoms with van der Waals surface area (Å²) in [6.45, 7) is 14.9. The van der Waals surface area contributed by atoms with Crippen molar-refractivity contribution in [2.45, 2.75) is 84.4 Å². The Morgan fingerprint density at radius 1 is 1.09 bits per heavy atom. The first kappa shape index (κ1) is 22.8. The maximum absolute atomic E-state index is 13.0. The molecule has 0 aromatic heterocycles. The molecular formula is C25H32O7. The van der Waals surface area contributed by atoms with Gasteiger partial charge in [-0.3, -0.25) is 0 Å². The van der Waals surface area contributed by atoms with Crippen LogP contribution in [0.15, 0.2) is 35.5 Å². The molecule has 2 aliphatic carbocycles. The van der Waals surface area contributed by atoms with Gasteiger partial charge in [-0.1, -0.05) is 25.7 Å². The number of fused-ring (bicyclic) bond motifs is 5. The molecule has 8 atom stereocenters. The molecular weight excluding hydrogens is 412 g/mol. The van der Waals surface area contributed by atoms with Gasteiger partial charge in [-0.15, -0.1) is 0 Å². The van der Waals surface area contributed by atoms with Crippen LogP contribution >= 0.6 is 0 Å². The Bertz CT molecular complexity index is 946. The molecule has 2 saturated carbocycles. The van der Waals surface area contributed by atoms with Crippen LogP contribution in [-0.4, -0.2) is 47.9 Å². The van der Waals surface area contributed by atoms with Gasteiger partial charge in [0.05, 0.1) is 6.10 Å². The zero-order chi connectivity index (χ0) is 23.6. The monoisotopic (exact) mass is 444 g/mol. The molecule has 0 unspecified atom stereocenters. The molecule has 4 aliphatic rings. The molecule has 0 amide bonds. The van der Waals surface area contributed by atoms with Gasteiger partial charge >= 0.3 is 17.9 Å². The van der Waals surface area contributed by atoms with Gasteiger partial charge in [0.1, 0.15) is 12.2 Å². The molecule has 0 spiro atoms. The van der Waals surface area contributed by atoms with Crippen molar-refractivity contribution < 1.29 is 33.3 Å². The smallest absolute Gasteiger partial charge is 0.351 e. The molecule has 0 aromatic carbocycles. The van der Waals surface area contributed by atoms with E-state index in [0.717, 1.165) is 6.42 Å². The van der Waals surface area contributed by atoms with E-state index >= 15 is 0 Å². The second-order valence-corrected chi connectivity index (χ2v) is 9.86. The number of epoxide rings is 1. The molecule has 7 heteroatoms. The molecule has 0 radical (unpaired) electrons. The Balaban J connectivity index is 1.63. The van der Waals surface area contributed by atoms with Crippen molar-refractivity contribution in [1.29, 1.82) is 0 Å². The maximum Gasteiger partial charge on any atom is 0.351 e. The first-order chi connectivity index (χ1) is 15.0. The summed E-state index contributed by atoms with van der Waals surface area (Å²) in [5, 5.41) is 0. The molecule has 32 heavy (non-hydrogen) atoms. The van der Waals surface area contributed by atoms with Gasteiger partial charge in [0.2, 0.25) is 5.60 Å². The first-order valence-electron chi connectivity index (χ1n) is 11.2. The van der Waals surface area contributed by atoms with Gasteiger partial charge in [0.15, 0.2) is 6.10 Å². The number of esters is 3. The van der Waals surface area contributed by atoms with Crippen molar-refractivity contribution in [1.82, 2.24) is 0 Å². The quantitative estimate of drug-likeness (QED) is 0.216. The minimum absolute atomic E-state index is 0.0963. The van der Waals surface area contributed by atoms with E-state index in [-0.39, 0.29) is 29.5 Å². The number of allylic oxidation sites excluding steroid dienone is 2. The van der Waals surface area contributed by atoms with Gasteiger partial charge in [-0.25, -0.2) is 14.4 Å². The van der Waals surface area contributed by atoms with Crippen LogP contribution in [0.3, 0.4) is 0 Å². The average Bonchev–Trinajstić information content (AvgIpc) is 3.52. The first-order valence-corrected chi connectivity index (χ1v) is 11.2. The summed E-state index contributed by atoms with van der Waals surface area (Å²) in [5.41, 5.74) is -0.0216. The van der Waals surface area contributed by atoms with E-state index in [0.29, 0.717) is 23.1 Å². The van der Waals surface area contributed by atoms with Crippen LogP contribution in [0, 0.1) is 17.3 Å². The van der Waals surface area contributed by atoms with Crippen LogP contribution in [0.4, 0.5) is 0 Å². The van der Waals surface area contributed by atoms with Gasteiger partial charge in [-0.2, -0.15) is 0 Å². The highest BCUT2D eigenvalue weighted by atomic mass is 16.6. The Morgan fingerprint density at radius 3 is 2.34 bits per heavy atom. The third-order valence-corrected chi connectivity index (χ3v) is 8.07. The summed E-state index contributed by atoms with van der Waals surface area (Å²) >= 11 is 0. The predicted molar refractivity (Wildman–Crippen MR) is 115 cm³/mol.